The van der Waals surface area contributed by atoms with Crippen molar-refractivity contribution >= 4 is 33.1 Å². The number of amides is 1. The highest BCUT2D eigenvalue weighted by Gasteiger charge is 2.16. The number of carbonyl (C=O) groups is 1. The van der Waals surface area contributed by atoms with Crippen LogP contribution in [-0.4, -0.2) is 16.1 Å². The molecular formula is C18H19N3OS. The van der Waals surface area contributed by atoms with Crippen molar-refractivity contribution in [3.63, 3.8) is 0 Å². The Bertz CT molecular complexity index is 819. The van der Waals surface area contributed by atoms with Crippen LogP contribution >= 0.6 is 11.3 Å². The summed E-state index contributed by atoms with van der Waals surface area (Å²) in [5.74, 6) is 0.268. The van der Waals surface area contributed by atoms with Gasteiger partial charge in [0.1, 0.15) is 5.01 Å². The highest BCUT2D eigenvalue weighted by Crippen LogP contribution is 2.28. The van der Waals surface area contributed by atoms with Gasteiger partial charge in [-0.2, -0.15) is 0 Å². The lowest BCUT2D eigenvalue weighted by atomic mass is 10.0. The number of nitrogens with zero attached hydrogens (tertiary/aromatic N) is 2. The Hall–Kier alpha value is -2.27. The van der Waals surface area contributed by atoms with Gasteiger partial charge < -0.3 is 0 Å². The molecule has 0 radical (unpaired) electrons. The van der Waals surface area contributed by atoms with Crippen molar-refractivity contribution in [2.24, 2.45) is 0 Å². The zero-order valence-corrected chi connectivity index (χ0v) is 14.1. The summed E-state index contributed by atoms with van der Waals surface area (Å²) in [5.41, 5.74) is 0.655. The van der Waals surface area contributed by atoms with E-state index in [1.807, 2.05) is 42.5 Å². The van der Waals surface area contributed by atoms with E-state index in [2.05, 4.69) is 29.4 Å². The van der Waals surface area contributed by atoms with Crippen LogP contribution in [0.3, 0.4) is 0 Å². The number of carbonyl (C=O) groups excluding carboxylic acids is 1. The molecule has 0 bridgehead atoms. The van der Waals surface area contributed by atoms with Gasteiger partial charge >= 0.3 is 0 Å². The summed E-state index contributed by atoms with van der Waals surface area (Å²) < 4.78 is 0. The van der Waals surface area contributed by atoms with Gasteiger partial charge in [0.15, 0.2) is 0 Å². The molecule has 4 nitrogen and oxygen atoms in total. The van der Waals surface area contributed by atoms with E-state index in [1.54, 1.807) is 0 Å². The summed E-state index contributed by atoms with van der Waals surface area (Å²) in [4.78, 5) is 12.6. The first-order valence-electron chi connectivity index (χ1n) is 7.85. The monoisotopic (exact) mass is 325 g/mol. The second kappa shape index (κ2) is 6.87. The molecule has 0 fully saturated rings. The molecule has 0 saturated carbocycles. The molecule has 0 spiro atoms. The number of hydrogen-bond acceptors (Lipinski definition) is 4. The predicted octanol–water partition coefficient (Wildman–Crippen LogP) is 4.85. The van der Waals surface area contributed by atoms with Crippen molar-refractivity contribution in [1.82, 2.24) is 10.2 Å². The lowest BCUT2D eigenvalue weighted by molar-refractivity contribution is 0.102. The minimum absolute atomic E-state index is 0.144. The Kier molecular flexibility index (Phi) is 4.67. The van der Waals surface area contributed by atoms with Gasteiger partial charge in [0.25, 0.3) is 5.91 Å². The fourth-order valence-corrected chi connectivity index (χ4v) is 3.68. The van der Waals surface area contributed by atoms with E-state index < -0.39 is 0 Å². The quantitative estimate of drug-likeness (QED) is 0.729. The van der Waals surface area contributed by atoms with Gasteiger partial charge in [0.05, 0.1) is 0 Å². The molecule has 1 N–H and O–H groups in total. The van der Waals surface area contributed by atoms with Gasteiger partial charge in [0.2, 0.25) is 5.13 Å². The molecule has 5 heteroatoms. The van der Waals surface area contributed by atoms with E-state index in [-0.39, 0.29) is 5.91 Å². The maximum Gasteiger partial charge on any atom is 0.258 e. The van der Waals surface area contributed by atoms with Gasteiger partial charge in [-0.25, -0.2) is 0 Å². The van der Waals surface area contributed by atoms with Gasteiger partial charge in [-0.15, -0.1) is 10.2 Å². The lowest BCUT2D eigenvalue weighted by Crippen LogP contribution is -2.12. The third-order valence-electron chi connectivity index (χ3n) is 4.03. The first-order valence-corrected chi connectivity index (χ1v) is 8.67. The van der Waals surface area contributed by atoms with Crippen LogP contribution in [0.4, 0.5) is 5.13 Å². The SMILES string of the molecule is CCC(CC)c1nnc(NC(=O)c2cccc3ccccc23)s1. The molecule has 0 aliphatic carbocycles. The summed E-state index contributed by atoms with van der Waals surface area (Å²) in [6.07, 6.45) is 2.06. The smallest absolute Gasteiger partial charge is 0.258 e. The van der Waals surface area contributed by atoms with Gasteiger partial charge in [-0.1, -0.05) is 61.6 Å². The fourth-order valence-electron chi connectivity index (χ4n) is 2.68. The Labute approximate surface area is 139 Å². The lowest BCUT2D eigenvalue weighted by Gasteiger charge is -2.06. The van der Waals surface area contributed by atoms with E-state index in [4.69, 9.17) is 0 Å². The van der Waals surface area contributed by atoms with E-state index in [1.165, 1.54) is 11.3 Å². The van der Waals surface area contributed by atoms with E-state index in [0.29, 0.717) is 16.6 Å². The molecule has 0 atom stereocenters. The van der Waals surface area contributed by atoms with Crippen molar-refractivity contribution in [3.8, 4) is 0 Å². The Morgan fingerprint density at radius 1 is 1.09 bits per heavy atom. The van der Waals surface area contributed by atoms with Crippen molar-refractivity contribution < 1.29 is 4.79 Å². The molecule has 23 heavy (non-hydrogen) atoms. The second-order valence-corrected chi connectivity index (χ2v) is 6.45. The average Bonchev–Trinajstić information content (AvgIpc) is 3.03. The Balaban J connectivity index is 1.84. The van der Waals surface area contributed by atoms with E-state index in [0.717, 1.165) is 28.6 Å². The highest BCUT2D eigenvalue weighted by molar-refractivity contribution is 7.15. The minimum atomic E-state index is -0.144. The second-order valence-electron chi connectivity index (χ2n) is 5.44. The van der Waals surface area contributed by atoms with Gasteiger partial charge in [-0.05, 0) is 29.7 Å². The molecule has 1 aromatic heterocycles. The zero-order valence-electron chi connectivity index (χ0n) is 13.2. The number of nitrogens with one attached hydrogen (secondary N) is 1. The molecule has 1 amide bonds. The van der Waals surface area contributed by atoms with E-state index in [9.17, 15) is 4.79 Å². The Morgan fingerprint density at radius 3 is 2.61 bits per heavy atom. The van der Waals surface area contributed by atoms with Crippen LogP contribution in [-0.2, 0) is 0 Å². The molecule has 3 aromatic rings. The van der Waals surface area contributed by atoms with Crippen LogP contribution in [0, 0.1) is 0 Å². The van der Waals surface area contributed by atoms with Crippen LogP contribution in [0.5, 0.6) is 0 Å². The van der Waals surface area contributed by atoms with Crippen LogP contribution in [0.1, 0.15) is 48.0 Å². The molecule has 0 unspecified atom stereocenters. The maximum absolute atomic E-state index is 12.6. The highest BCUT2D eigenvalue weighted by atomic mass is 32.1. The van der Waals surface area contributed by atoms with Crippen molar-refractivity contribution in [1.29, 1.82) is 0 Å². The summed E-state index contributed by atoms with van der Waals surface area (Å²) in [6, 6.07) is 13.6. The molecular weight excluding hydrogens is 306 g/mol. The topological polar surface area (TPSA) is 54.9 Å². The largest absolute Gasteiger partial charge is 0.296 e. The number of anilines is 1. The van der Waals surface area contributed by atoms with Gasteiger partial charge in [0, 0.05) is 11.5 Å². The summed E-state index contributed by atoms with van der Waals surface area (Å²) in [6.45, 7) is 4.29. The van der Waals surface area contributed by atoms with Crippen molar-refractivity contribution in [2.45, 2.75) is 32.6 Å². The third-order valence-corrected chi connectivity index (χ3v) is 5.03. The normalized spacial score (nSPS) is 11.1. The predicted molar refractivity (Wildman–Crippen MR) is 95.1 cm³/mol. The fraction of sp³-hybridized carbons (Fsp3) is 0.278. The van der Waals surface area contributed by atoms with Crippen LogP contribution in [0.25, 0.3) is 10.8 Å². The number of fused-ring (bicyclic) bond motifs is 1. The molecule has 0 aliphatic rings. The first-order chi connectivity index (χ1) is 11.2. The molecule has 0 aliphatic heterocycles. The molecule has 1 heterocycles. The molecule has 3 rings (SSSR count). The zero-order chi connectivity index (χ0) is 16.2. The standard InChI is InChI=1S/C18H19N3OS/c1-3-12(4-2)17-20-21-18(23-17)19-16(22)15-11-7-9-13-8-5-6-10-14(13)15/h5-12H,3-4H2,1-2H3,(H,19,21,22). The van der Waals surface area contributed by atoms with Crippen LogP contribution in [0.2, 0.25) is 0 Å². The van der Waals surface area contributed by atoms with Crippen LogP contribution < -0.4 is 5.32 Å². The summed E-state index contributed by atoms with van der Waals surface area (Å²) >= 11 is 1.46. The summed E-state index contributed by atoms with van der Waals surface area (Å²) in [7, 11) is 0. The molecule has 2 aromatic carbocycles. The van der Waals surface area contributed by atoms with Crippen molar-refractivity contribution in [2.75, 3.05) is 5.32 Å². The van der Waals surface area contributed by atoms with Gasteiger partial charge in [-0.3, -0.25) is 10.1 Å². The molecule has 0 saturated heterocycles. The minimum Gasteiger partial charge on any atom is -0.296 e. The average molecular weight is 325 g/mol. The van der Waals surface area contributed by atoms with E-state index >= 15 is 0 Å². The number of benzene rings is 2. The third kappa shape index (κ3) is 3.24. The first kappa shape index (κ1) is 15.6. The number of aromatic nitrogens is 2. The number of hydrogen-bond donors (Lipinski definition) is 1. The molecule has 118 valence electrons. The Morgan fingerprint density at radius 2 is 1.83 bits per heavy atom. The van der Waals surface area contributed by atoms with Crippen LogP contribution in [0.15, 0.2) is 42.5 Å². The maximum atomic E-state index is 12.6. The number of rotatable bonds is 5. The summed E-state index contributed by atoms with van der Waals surface area (Å²) in [5, 5.41) is 14.8. The van der Waals surface area contributed by atoms with Crippen molar-refractivity contribution in [3.05, 3.63) is 53.0 Å².